The van der Waals surface area contributed by atoms with Crippen LogP contribution in [-0.4, -0.2) is 32.6 Å². The lowest BCUT2D eigenvalue weighted by Crippen LogP contribution is -2.22. The molecule has 2 atom stereocenters. The van der Waals surface area contributed by atoms with Crippen LogP contribution in [0.5, 0.6) is 0 Å². The Balaban J connectivity index is 2.04. The highest BCUT2D eigenvalue weighted by Gasteiger charge is 2.23. The van der Waals surface area contributed by atoms with Crippen LogP contribution in [0.15, 0.2) is 12.2 Å². The van der Waals surface area contributed by atoms with Crippen molar-refractivity contribution in [2.24, 2.45) is 11.8 Å². The molecule has 0 fully saturated rings. The quantitative estimate of drug-likeness (QED) is 0.521. The molecule has 17 heavy (non-hydrogen) atoms. The number of nitrogens with one attached hydrogen (secondary N) is 1. The van der Waals surface area contributed by atoms with Crippen molar-refractivity contribution in [3.63, 3.8) is 0 Å². The minimum absolute atomic E-state index is 0.198. The molecule has 1 aliphatic carbocycles. The number of ketones is 1. The zero-order chi connectivity index (χ0) is 12.5. The third-order valence-electron chi connectivity index (χ3n) is 3.39. The summed E-state index contributed by atoms with van der Waals surface area (Å²) in [5.41, 5.74) is 0. The molecule has 0 radical (unpaired) electrons. The zero-order valence-electron chi connectivity index (χ0n) is 11.1. The predicted molar refractivity (Wildman–Crippen MR) is 70.0 cm³/mol. The lowest BCUT2D eigenvalue weighted by molar-refractivity contribution is -0.123. The molecular weight excluding hydrogens is 214 g/mol. The molecule has 98 valence electrons. The second-order valence-electron chi connectivity index (χ2n) is 4.76. The molecule has 0 aliphatic heterocycles. The molecule has 1 aliphatic rings. The largest absolute Gasteiger partial charge is 0.381 e. The Morgan fingerprint density at radius 2 is 2.18 bits per heavy atom. The van der Waals surface area contributed by atoms with Gasteiger partial charge in [-0.05, 0) is 38.8 Å². The lowest BCUT2D eigenvalue weighted by atomic mass is 9.82. The Hall–Kier alpha value is -0.670. The van der Waals surface area contributed by atoms with E-state index in [2.05, 4.69) is 11.4 Å². The first-order valence-corrected chi connectivity index (χ1v) is 6.67. The van der Waals surface area contributed by atoms with Crippen LogP contribution in [0.25, 0.3) is 0 Å². The minimum atomic E-state index is 0.198. The maximum Gasteiger partial charge on any atom is 0.140 e. The van der Waals surface area contributed by atoms with E-state index < -0.39 is 0 Å². The lowest BCUT2D eigenvalue weighted by Gasteiger charge is -2.22. The molecule has 2 unspecified atom stereocenters. The number of rotatable bonds is 8. The van der Waals surface area contributed by atoms with E-state index in [-0.39, 0.29) is 5.92 Å². The first-order chi connectivity index (χ1) is 8.25. The number of Topliss-reactive ketones (excluding diaryl/α,β-unsaturated/α-hetero) is 1. The molecule has 1 N–H and O–H groups in total. The van der Waals surface area contributed by atoms with E-state index in [9.17, 15) is 4.79 Å². The Bertz CT molecular complexity index is 251. The highest BCUT2D eigenvalue weighted by molar-refractivity contribution is 5.83. The van der Waals surface area contributed by atoms with Gasteiger partial charge in [-0.3, -0.25) is 4.79 Å². The van der Waals surface area contributed by atoms with Gasteiger partial charge in [-0.15, -0.1) is 0 Å². The van der Waals surface area contributed by atoms with Gasteiger partial charge in [0.25, 0.3) is 0 Å². The van der Waals surface area contributed by atoms with Gasteiger partial charge in [0.2, 0.25) is 0 Å². The predicted octanol–water partition coefficient (Wildman–Crippen LogP) is 2.17. The molecular formula is C14H25NO2. The number of allylic oxidation sites excluding steroid dienone is 2. The van der Waals surface area contributed by atoms with E-state index >= 15 is 0 Å². The first-order valence-electron chi connectivity index (χ1n) is 6.67. The fraction of sp³-hybridized carbons (Fsp3) is 0.786. The van der Waals surface area contributed by atoms with Crippen molar-refractivity contribution in [1.29, 1.82) is 0 Å². The highest BCUT2D eigenvalue weighted by atomic mass is 16.5. The Morgan fingerprint density at radius 1 is 1.41 bits per heavy atom. The highest BCUT2D eigenvalue weighted by Crippen LogP contribution is 2.25. The molecule has 0 spiro atoms. The van der Waals surface area contributed by atoms with Gasteiger partial charge in [0.05, 0.1) is 0 Å². The smallest absolute Gasteiger partial charge is 0.140 e. The summed E-state index contributed by atoms with van der Waals surface area (Å²) in [7, 11) is 1.95. The van der Waals surface area contributed by atoms with Gasteiger partial charge in [0, 0.05) is 25.6 Å². The summed E-state index contributed by atoms with van der Waals surface area (Å²) in [6.07, 6.45) is 8.02. The summed E-state index contributed by atoms with van der Waals surface area (Å²) >= 11 is 0. The molecule has 0 bridgehead atoms. The van der Waals surface area contributed by atoms with Crippen molar-refractivity contribution in [3.8, 4) is 0 Å². The average molecular weight is 239 g/mol. The van der Waals surface area contributed by atoms with Crippen LogP contribution in [-0.2, 0) is 9.53 Å². The second-order valence-corrected chi connectivity index (χ2v) is 4.76. The maximum atomic E-state index is 11.5. The molecule has 1 rings (SSSR count). The van der Waals surface area contributed by atoms with Gasteiger partial charge in [-0.2, -0.15) is 0 Å². The number of hydrogen-bond donors (Lipinski definition) is 1. The van der Waals surface area contributed by atoms with Crippen LogP contribution in [0.1, 0.15) is 32.6 Å². The summed E-state index contributed by atoms with van der Waals surface area (Å²) < 4.78 is 5.54. The summed E-state index contributed by atoms with van der Waals surface area (Å²) in [4.78, 5) is 11.5. The monoisotopic (exact) mass is 239 g/mol. The summed E-state index contributed by atoms with van der Waals surface area (Å²) in [6, 6.07) is 0. The number of hydrogen-bond acceptors (Lipinski definition) is 3. The average Bonchev–Trinajstić information content (AvgIpc) is 2.33. The van der Waals surface area contributed by atoms with Crippen molar-refractivity contribution in [2.45, 2.75) is 32.6 Å². The third kappa shape index (κ3) is 5.46. The second kappa shape index (κ2) is 8.43. The van der Waals surface area contributed by atoms with Gasteiger partial charge in [0.1, 0.15) is 5.78 Å². The zero-order valence-corrected chi connectivity index (χ0v) is 11.1. The van der Waals surface area contributed by atoms with Crippen molar-refractivity contribution in [3.05, 3.63) is 12.2 Å². The van der Waals surface area contributed by atoms with Gasteiger partial charge >= 0.3 is 0 Å². The number of ether oxygens (including phenoxy) is 1. The van der Waals surface area contributed by atoms with E-state index in [0.717, 1.165) is 39.0 Å². The van der Waals surface area contributed by atoms with Crippen LogP contribution in [0.3, 0.4) is 0 Å². The van der Waals surface area contributed by atoms with Gasteiger partial charge < -0.3 is 10.1 Å². The van der Waals surface area contributed by atoms with Crippen molar-refractivity contribution in [1.82, 2.24) is 5.32 Å². The van der Waals surface area contributed by atoms with Crippen LogP contribution in [0, 0.1) is 11.8 Å². The van der Waals surface area contributed by atoms with Gasteiger partial charge in [-0.1, -0.05) is 19.1 Å². The van der Waals surface area contributed by atoms with Crippen LogP contribution < -0.4 is 5.32 Å². The number of carbonyl (C=O) groups is 1. The Kier molecular flexibility index (Phi) is 7.13. The van der Waals surface area contributed by atoms with E-state index in [4.69, 9.17) is 4.74 Å². The van der Waals surface area contributed by atoms with Crippen LogP contribution in [0.2, 0.25) is 0 Å². The molecule has 0 aromatic carbocycles. The Labute approximate surface area is 105 Å². The standard InChI is InChI=1S/C14H25NO2/c1-12-13(6-3-8-14(12)16)7-4-10-17-11-5-9-15-2/h3,6,12-13,15H,4-5,7-11H2,1-2H3. The fourth-order valence-corrected chi connectivity index (χ4v) is 2.17. The topological polar surface area (TPSA) is 38.3 Å². The molecule has 3 heteroatoms. The molecule has 0 saturated carbocycles. The summed E-state index contributed by atoms with van der Waals surface area (Å²) in [5, 5.41) is 3.09. The molecule has 3 nitrogen and oxygen atoms in total. The fourth-order valence-electron chi connectivity index (χ4n) is 2.17. The molecule has 0 heterocycles. The molecule has 0 amide bonds. The minimum Gasteiger partial charge on any atom is -0.381 e. The number of carbonyl (C=O) groups excluding carboxylic acids is 1. The molecule has 0 aromatic heterocycles. The molecule has 0 saturated heterocycles. The van der Waals surface area contributed by atoms with Crippen molar-refractivity contribution >= 4 is 5.78 Å². The normalized spacial score (nSPS) is 24.2. The third-order valence-corrected chi connectivity index (χ3v) is 3.39. The van der Waals surface area contributed by atoms with Crippen LogP contribution >= 0.6 is 0 Å². The van der Waals surface area contributed by atoms with E-state index in [1.807, 2.05) is 20.0 Å². The van der Waals surface area contributed by atoms with Gasteiger partial charge in [0.15, 0.2) is 0 Å². The van der Waals surface area contributed by atoms with Crippen molar-refractivity contribution in [2.75, 3.05) is 26.8 Å². The summed E-state index contributed by atoms with van der Waals surface area (Å²) in [5.74, 6) is 1.01. The van der Waals surface area contributed by atoms with Crippen LogP contribution in [0.4, 0.5) is 0 Å². The SMILES string of the molecule is CNCCCOCCCC1C=CCC(=O)C1C. The Morgan fingerprint density at radius 3 is 2.94 bits per heavy atom. The summed E-state index contributed by atoms with van der Waals surface area (Å²) in [6.45, 7) is 4.70. The maximum absolute atomic E-state index is 11.5. The first kappa shape index (κ1) is 14.4. The van der Waals surface area contributed by atoms with E-state index in [1.165, 1.54) is 0 Å². The van der Waals surface area contributed by atoms with E-state index in [0.29, 0.717) is 18.1 Å². The van der Waals surface area contributed by atoms with E-state index in [1.54, 1.807) is 0 Å². The van der Waals surface area contributed by atoms with Crippen molar-refractivity contribution < 1.29 is 9.53 Å². The van der Waals surface area contributed by atoms with Gasteiger partial charge in [-0.25, -0.2) is 0 Å². The molecule has 0 aromatic rings.